The number of ether oxygens (including phenoxy) is 1. The minimum atomic E-state index is -4.69. The Kier molecular flexibility index (Phi) is 4.92. The van der Waals surface area contributed by atoms with Gasteiger partial charge in [-0.3, -0.25) is 0 Å². The first-order valence-corrected chi connectivity index (χ1v) is 11.4. The number of nitrogens with zero attached hydrogens (tertiary/aromatic N) is 1. The van der Waals surface area contributed by atoms with Crippen LogP contribution in [-0.4, -0.2) is 38.0 Å². The van der Waals surface area contributed by atoms with E-state index in [0.29, 0.717) is 31.2 Å². The quantitative estimate of drug-likeness (QED) is 0.551. The number of hydrogen-bond acceptors (Lipinski definition) is 5. The summed E-state index contributed by atoms with van der Waals surface area (Å²) in [6.45, 7) is 0.757. The zero-order chi connectivity index (χ0) is 22.7. The molecular weight excluding hydrogens is 447 g/mol. The summed E-state index contributed by atoms with van der Waals surface area (Å²) in [5.41, 5.74) is -0.941. The average molecular weight is 465 g/mol. The third-order valence-corrected chi connectivity index (χ3v) is 7.83. The second kappa shape index (κ2) is 7.43. The van der Waals surface area contributed by atoms with Crippen molar-refractivity contribution in [3.63, 3.8) is 0 Å². The monoisotopic (exact) mass is 465 g/mol. The van der Waals surface area contributed by atoms with E-state index in [1.54, 1.807) is 18.2 Å². The maximum Gasteiger partial charge on any atom is 0.417 e. The van der Waals surface area contributed by atoms with Gasteiger partial charge in [0.25, 0.3) is 0 Å². The third-order valence-electron chi connectivity index (χ3n) is 5.90. The van der Waals surface area contributed by atoms with E-state index in [0.717, 1.165) is 5.56 Å². The Labute approximate surface area is 181 Å². The molecule has 0 radical (unpaired) electrons. The molecule has 2 fully saturated rings. The summed E-state index contributed by atoms with van der Waals surface area (Å²) in [5, 5.41) is -0.194. The molecule has 6 nitrogen and oxygen atoms in total. The van der Waals surface area contributed by atoms with Crippen molar-refractivity contribution >= 4 is 21.0 Å². The number of benzene rings is 2. The molecule has 3 aromatic rings. The molecule has 32 heavy (non-hydrogen) atoms. The molecule has 0 aliphatic carbocycles. The van der Waals surface area contributed by atoms with Crippen LogP contribution in [0.15, 0.2) is 62.6 Å². The van der Waals surface area contributed by atoms with Crippen LogP contribution in [0.1, 0.15) is 23.1 Å². The van der Waals surface area contributed by atoms with Gasteiger partial charge in [0.05, 0.1) is 29.2 Å². The van der Waals surface area contributed by atoms with Gasteiger partial charge in [-0.15, -0.1) is 0 Å². The second-order valence-electron chi connectivity index (χ2n) is 8.05. The van der Waals surface area contributed by atoms with Crippen LogP contribution >= 0.6 is 0 Å². The van der Waals surface area contributed by atoms with E-state index >= 15 is 0 Å². The first kappa shape index (κ1) is 21.2. The van der Waals surface area contributed by atoms with Crippen molar-refractivity contribution in [3.05, 3.63) is 75.6 Å². The number of hydrogen-bond donors (Lipinski definition) is 0. The summed E-state index contributed by atoms with van der Waals surface area (Å²) in [6, 6.07) is 10.9. The number of rotatable bonds is 4. The molecule has 2 saturated heterocycles. The lowest BCUT2D eigenvalue weighted by Gasteiger charge is -2.26. The molecule has 1 aromatic heterocycles. The molecule has 168 valence electrons. The summed E-state index contributed by atoms with van der Waals surface area (Å²) >= 11 is 0. The van der Waals surface area contributed by atoms with Gasteiger partial charge in [-0.1, -0.05) is 18.2 Å². The minimum Gasteiger partial charge on any atom is -0.423 e. The molecule has 2 aliphatic rings. The maximum atomic E-state index is 13.3. The van der Waals surface area contributed by atoms with Gasteiger partial charge in [0.15, 0.2) is 0 Å². The van der Waals surface area contributed by atoms with E-state index in [9.17, 15) is 26.4 Å². The molecule has 10 heteroatoms. The average Bonchev–Trinajstić information content (AvgIpc) is 3.37. The van der Waals surface area contributed by atoms with Crippen LogP contribution in [0, 0.1) is 0 Å². The van der Waals surface area contributed by atoms with Gasteiger partial charge in [0.2, 0.25) is 10.0 Å². The van der Waals surface area contributed by atoms with Gasteiger partial charge in [0, 0.05) is 18.0 Å². The first-order chi connectivity index (χ1) is 15.1. The molecule has 2 atom stereocenters. The third kappa shape index (κ3) is 3.72. The first-order valence-electron chi connectivity index (χ1n) is 9.98. The number of morpholine rings is 1. The zero-order valence-corrected chi connectivity index (χ0v) is 17.4. The van der Waals surface area contributed by atoms with Gasteiger partial charge in [-0.05, 0) is 48.2 Å². The molecule has 2 unspecified atom stereocenters. The summed E-state index contributed by atoms with van der Waals surface area (Å²) in [7, 11) is -3.63. The van der Waals surface area contributed by atoms with Crippen LogP contribution in [0.4, 0.5) is 13.2 Å². The van der Waals surface area contributed by atoms with Crippen LogP contribution in [0.2, 0.25) is 0 Å². The Morgan fingerprint density at radius 3 is 2.38 bits per heavy atom. The molecule has 3 heterocycles. The van der Waals surface area contributed by atoms with Crippen LogP contribution in [0.5, 0.6) is 0 Å². The van der Waals surface area contributed by atoms with E-state index in [1.807, 2.05) is 0 Å². The number of fused-ring (bicyclic) bond motifs is 3. The number of alkyl halides is 3. The topological polar surface area (TPSA) is 76.8 Å². The van der Waals surface area contributed by atoms with E-state index < -0.39 is 27.4 Å². The number of sulfonamides is 1. The molecular formula is C22H18F3NO5S. The van der Waals surface area contributed by atoms with Crippen LogP contribution < -0.4 is 5.63 Å². The van der Waals surface area contributed by atoms with Gasteiger partial charge in [0.1, 0.15) is 5.58 Å². The molecule has 5 rings (SSSR count). The zero-order valence-electron chi connectivity index (χ0n) is 16.6. The van der Waals surface area contributed by atoms with E-state index in [1.165, 1.54) is 28.6 Å². The SMILES string of the molecule is O=c1cc(C(F)(F)F)c2cc(Cc3ccc(S(=O)(=O)N4CC5CC4CO5)cc3)ccc2o1. The highest BCUT2D eigenvalue weighted by molar-refractivity contribution is 7.89. The summed E-state index contributed by atoms with van der Waals surface area (Å²) in [4.78, 5) is 11.6. The van der Waals surface area contributed by atoms with Crippen molar-refractivity contribution < 1.29 is 30.7 Å². The van der Waals surface area contributed by atoms with Crippen LogP contribution in [0.25, 0.3) is 11.0 Å². The second-order valence-corrected chi connectivity index (χ2v) is 9.94. The van der Waals surface area contributed by atoms with Gasteiger partial charge < -0.3 is 9.15 Å². The van der Waals surface area contributed by atoms with Gasteiger partial charge >= 0.3 is 11.8 Å². The molecule has 0 amide bonds. The van der Waals surface area contributed by atoms with Crippen LogP contribution in [0.3, 0.4) is 0 Å². The minimum absolute atomic E-state index is 0.0482. The molecule has 2 bridgehead atoms. The van der Waals surface area contributed by atoms with Crippen molar-refractivity contribution in [1.29, 1.82) is 0 Å². The lowest BCUT2D eigenvalue weighted by Crippen LogP contribution is -2.41. The van der Waals surface area contributed by atoms with E-state index in [2.05, 4.69) is 0 Å². The predicted octanol–water partition coefficient (Wildman–Crippen LogP) is 3.56. The normalized spacial score (nSPS) is 21.5. The van der Waals surface area contributed by atoms with Crippen molar-refractivity contribution in [2.45, 2.75) is 36.1 Å². The fraction of sp³-hybridized carbons (Fsp3) is 0.318. The van der Waals surface area contributed by atoms with Crippen LogP contribution in [-0.2, 0) is 27.4 Å². The fourth-order valence-corrected chi connectivity index (χ4v) is 6.02. The molecule has 0 saturated carbocycles. The lowest BCUT2D eigenvalue weighted by molar-refractivity contribution is -0.136. The van der Waals surface area contributed by atoms with Gasteiger partial charge in [-0.25, -0.2) is 13.2 Å². The van der Waals surface area contributed by atoms with Crippen molar-refractivity contribution in [2.24, 2.45) is 0 Å². The Bertz CT molecular complexity index is 1350. The molecule has 2 aliphatic heterocycles. The molecule has 0 spiro atoms. The Morgan fingerprint density at radius 1 is 1.03 bits per heavy atom. The Hall–Kier alpha value is -2.69. The number of halogens is 3. The van der Waals surface area contributed by atoms with E-state index in [4.69, 9.17) is 9.15 Å². The van der Waals surface area contributed by atoms with Crippen molar-refractivity contribution in [3.8, 4) is 0 Å². The summed E-state index contributed by atoms with van der Waals surface area (Å²) in [6.07, 6.45) is -3.75. The Balaban J connectivity index is 1.41. The fourth-order valence-electron chi connectivity index (χ4n) is 4.36. The standard InChI is InChI=1S/C22H18F3NO5S/c23-22(24,25)19-10-21(27)31-20-6-3-14(8-18(19)20)7-13-1-4-17(5-2-13)32(28,29)26-11-16-9-15(26)12-30-16/h1-6,8,10,15-16H,7,9,11-12H2. The largest absolute Gasteiger partial charge is 0.423 e. The summed E-state index contributed by atoms with van der Waals surface area (Å²) in [5.74, 6) is 0. The lowest BCUT2D eigenvalue weighted by atomic mass is 10.0. The van der Waals surface area contributed by atoms with Gasteiger partial charge in [-0.2, -0.15) is 17.5 Å². The highest BCUT2D eigenvalue weighted by Crippen LogP contribution is 2.35. The Morgan fingerprint density at radius 2 is 1.75 bits per heavy atom. The summed E-state index contributed by atoms with van der Waals surface area (Å²) < 4.78 is 77.7. The smallest absolute Gasteiger partial charge is 0.417 e. The van der Waals surface area contributed by atoms with E-state index in [-0.39, 0.29) is 34.4 Å². The van der Waals surface area contributed by atoms with Crippen molar-refractivity contribution in [2.75, 3.05) is 13.2 Å². The highest BCUT2D eigenvalue weighted by Gasteiger charge is 2.45. The molecule has 2 aromatic carbocycles. The highest BCUT2D eigenvalue weighted by atomic mass is 32.2. The maximum absolute atomic E-state index is 13.3. The predicted molar refractivity (Wildman–Crippen MR) is 109 cm³/mol. The molecule has 0 N–H and O–H groups in total. The van der Waals surface area contributed by atoms with Crippen molar-refractivity contribution in [1.82, 2.24) is 4.31 Å².